The Morgan fingerprint density at radius 1 is 1.07 bits per heavy atom. The summed E-state index contributed by atoms with van der Waals surface area (Å²) in [5.74, 6) is -1.93. The number of hydrogen-bond donors (Lipinski definition) is 1. The number of unbranched alkanes of at least 4 members (excludes halogenated alkanes) is 5. The van der Waals surface area contributed by atoms with E-state index in [9.17, 15) is 14.4 Å². The van der Waals surface area contributed by atoms with E-state index in [0.717, 1.165) is 24.8 Å². The Bertz CT molecular complexity index is 699. The highest BCUT2D eigenvalue weighted by Gasteiger charge is 2.50. The van der Waals surface area contributed by atoms with E-state index in [4.69, 9.17) is 4.84 Å². The molecule has 0 saturated heterocycles. The Labute approximate surface area is 160 Å². The first-order valence-corrected chi connectivity index (χ1v) is 9.65. The molecule has 6 heteroatoms. The number of oxime groups is 1. The van der Waals surface area contributed by atoms with E-state index in [2.05, 4.69) is 17.4 Å². The van der Waals surface area contributed by atoms with Gasteiger partial charge in [0.15, 0.2) is 5.54 Å². The number of Topliss-reactive ketones (excluding diaryl/α,β-unsaturated/α-hetero) is 1. The van der Waals surface area contributed by atoms with E-state index in [0.29, 0.717) is 12.1 Å². The molecule has 0 bridgehead atoms. The summed E-state index contributed by atoms with van der Waals surface area (Å²) < 4.78 is 0. The van der Waals surface area contributed by atoms with Crippen molar-refractivity contribution in [1.82, 2.24) is 5.32 Å². The normalized spacial score (nSPS) is 18.7. The summed E-state index contributed by atoms with van der Waals surface area (Å²) in [5.41, 5.74) is -0.235. The number of nitrogens with one attached hydrogen (secondary N) is 1. The molecule has 27 heavy (non-hydrogen) atoms. The Hall–Kier alpha value is -2.50. The lowest BCUT2D eigenvalue weighted by molar-refractivity contribution is -0.148. The summed E-state index contributed by atoms with van der Waals surface area (Å²) in [7, 11) is 0. The van der Waals surface area contributed by atoms with E-state index in [1.807, 2.05) is 30.3 Å². The van der Waals surface area contributed by atoms with Crippen LogP contribution < -0.4 is 5.32 Å². The summed E-state index contributed by atoms with van der Waals surface area (Å²) >= 11 is 0. The number of ketones is 1. The van der Waals surface area contributed by atoms with Gasteiger partial charge in [0, 0.05) is 12.8 Å². The molecule has 1 aromatic carbocycles. The van der Waals surface area contributed by atoms with Crippen molar-refractivity contribution in [2.24, 2.45) is 5.16 Å². The molecule has 2 rings (SSSR count). The van der Waals surface area contributed by atoms with Crippen LogP contribution in [0.1, 0.15) is 64.4 Å². The molecular weight excluding hydrogens is 344 g/mol. The molecule has 0 spiro atoms. The van der Waals surface area contributed by atoms with Gasteiger partial charge in [-0.2, -0.15) is 0 Å². The maximum Gasteiger partial charge on any atom is 0.366 e. The first-order valence-electron chi connectivity index (χ1n) is 9.65. The number of benzene rings is 1. The van der Waals surface area contributed by atoms with Crippen molar-refractivity contribution in [3.63, 3.8) is 0 Å². The first-order chi connectivity index (χ1) is 13.0. The smallest absolute Gasteiger partial charge is 0.329 e. The minimum atomic E-state index is -1.42. The third kappa shape index (κ3) is 5.49. The number of hydrogen-bond acceptors (Lipinski definition) is 5. The maximum absolute atomic E-state index is 12.4. The van der Waals surface area contributed by atoms with Crippen LogP contribution in [0.5, 0.6) is 0 Å². The average molecular weight is 372 g/mol. The molecule has 1 N–H and O–H groups in total. The van der Waals surface area contributed by atoms with Crippen molar-refractivity contribution in [2.75, 3.05) is 0 Å². The number of amides is 1. The van der Waals surface area contributed by atoms with Crippen LogP contribution in [0, 0.1) is 0 Å². The van der Waals surface area contributed by atoms with Gasteiger partial charge in [-0.3, -0.25) is 9.59 Å². The van der Waals surface area contributed by atoms with Gasteiger partial charge in [0.2, 0.25) is 5.78 Å². The Kier molecular flexibility index (Phi) is 7.70. The van der Waals surface area contributed by atoms with Crippen molar-refractivity contribution < 1.29 is 19.2 Å². The quantitative estimate of drug-likeness (QED) is 0.367. The van der Waals surface area contributed by atoms with Crippen molar-refractivity contribution in [2.45, 2.75) is 70.8 Å². The zero-order valence-corrected chi connectivity index (χ0v) is 16.1. The second-order valence-electron chi connectivity index (χ2n) is 7.02. The Morgan fingerprint density at radius 2 is 1.74 bits per heavy atom. The Morgan fingerprint density at radius 3 is 2.37 bits per heavy atom. The van der Waals surface area contributed by atoms with Crippen LogP contribution in [-0.2, 0) is 25.6 Å². The van der Waals surface area contributed by atoms with E-state index in [-0.39, 0.29) is 12.8 Å². The molecule has 0 radical (unpaired) electrons. The summed E-state index contributed by atoms with van der Waals surface area (Å²) in [4.78, 5) is 41.8. The molecule has 1 unspecified atom stereocenters. The summed E-state index contributed by atoms with van der Waals surface area (Å²) in [6.07, 6.45) is 6.56. The van der Waals surface area contributed by atoms with Gasteiger partial charge in [-0.25, -0.2) is 4.79 Å². The number of carbonyl (C=O) groups is 3. The van der Waals surface area contributed by atoms with Gasteiger partial charge in [0.25, 0.3) is 5.91 Å². The fourth-order valence-electron chi connectivity index (χ4n) is 3.14. The minimum Gasteiger partial charge on any atom is -0.329 e. The van der Waals surface area contributed by atoms with E-state index < -0.39 is 23.2 Å². The SMILES string of the molecule is CCCCCCCCC(=O)C(=O)NC1(Cc2ccccc2)C(=O)ON=C1C. The molecule has 1 aliphatic rings. The lowest BCUT2D eigenvalue weighted by atomic mass is 9.86. The average Bonchev–Trinajstić information content (AvgIpc) is 2.93. The fraction of sp³-hybridized carbons (Fsp3) is 0.524. The highest BCUT2D eigenvalue weighted by Crippen LogP contribution is 2.23. The van der Waals surface area contributed by atoms with Gasteiger partial charge in [-0.15, -0.1) is 0 Å². The van der Waals surface area contributed by atoms with Crippen LogP contribution in [0.3, 0.4) is 0 Å². The van der Waals surface area contributed by atoms with Gasteiger partial charge < -0.3 is 10.2 Å². The van der Waals surface area contributed by atoms with Crippen molar-refractivity contribution in [3.05, 3.63) is 35.9 Å². The van der Waals surface area contributed by atoms with Crippen LogP contribution >= 0.6 is 0 Å². The first kappa shape index (κ1) is 20.8. The second-order valence-corrected chi connectivity index (χ2v) is 7.02. The fourth-order valence-corrected chi connectivity index (χ4v) is 3.14. The lowest BCUT2D eigenvalue weighted by Gasteiger charge is -2.26. The van der Waals surface area contributed by atoms with E-state index >= 15 is 0 Å². The number of rotatable bonds is 11. The van der Waals surface area contributed by atoms with E-state index in [1.54, 1.807) is 6.92 Å². The second kappa shape index (κ2) is 10.00. The molecule has 146 valence electrons. The topological polar surface area (TPSA) is 84.8 Å². The Balaban J connectivity index is 1.97. The molecule has 0 saturated carbocycles. The van der Waals surface area contributed by atoms with Crippen molar-refractivity contribution >= 4 is 23.4 Å². The molecule has 1 heterocycles. The van der Waals surface area contributed by atoms with Crippen LogP contribution in [0.4, 0.5) is 0 Å². The van der Waals surface area contributed by atoms with Crippen LogP contribution in [0.2, 0.25) is 0 Å². The molecule has 0 aromatic heterocycles. The molecule has 1 aliphatic heterocycles. The molecule has 1 atom stereocenters. The summed E-state index contributed by atoms with van der Waals surface area (Å²) in [6, 6.07) is 9.27. The largest absolute Gasteiger partial charge is 0.366 e. The molecule has 1 aromatic rings. The molecule has 6 nitrogen and oxygen atoms in total. The molecular formula is C21H28N2O4. The monoisotopic (exact) mass is 372 g/mol. The zero-order chi connectivity index (χ0) is 19.7. The summed E-state index contributed by atoms with van der Waals surface area (Å²) in [6.45, 7) is 3.77. The molecule has 0 fully saturated rings. The minimum absolute atomic E-state index is 0.185. The van der Waals surface area contributed by atoms with Crippen LogP contribution in [0.15, 0.2) is 35.5 Å². The van der Waals surface area contributed by atoms with Crippen molar-refractivity contribution in [3.8, 4) is 0 Å². The van der Waals surface area contributed by atoms with Gasteiger partial charge >= 0.3 is 5.97 Å². The van der Waals surface area contributed by atoms with Crippen molar-refractivity contribution in [1.29, 1.82) is 0 Å². The predicted molar refractivity (Wildman–Crippen MR) is 103 cm³/mol. The third-order valence-electron chi connectivity index (χ3n) is 4.88. The third-order valence-corrected chi connectivity index (χ3v) is 4.88. The van der Waals surface area contributed by atoms with Crippen LogP contribution in [0.25, 0.3) is 0 Å². The van der Waals surface area contributed by atoms with Gasteiger partial charge in [-0.05, 0) is 18.9 Å². The predicted octanol–water partition coefficient (Wildman–Crippen LogP) is 3.34. The molecule has 0 aliphatic carbocycles. The highest BCUT2D eigenvalue weighted by molar-refractivity contribution is 6.37. The van der Waals surface area contributed by atoms with Gasteiger partial charge in [0.05, 0.1) is 5.71 Å². The lowest BCUT2D eigenvalue weighted by Crippen LogP contribution is -2.60. The number of nitrogens with zero attached hydrogens (tertiary/aromatic N) is 1. The van der Waals surface area contributed by atoms with Gasteiger partial charge in [-0.1, -0.05) is 74.5 Å². The van der Waals surface area contributed by atoms with E-state index in [1.165, 1.54) is 12.8 Å². The maximum atomic E-state index is 12.4. The highest BCUT2D eigenvalue weighted by atomic mass is 16.7. The summed E-state index contributed by atoms with van der Waals surface area (Å²) in [5, 5.41) is 6.33. The zero-order valence-electron chi connectivity index (χ0n) is 16.1. The number of carbonyl (C=O) groups excluding carboxylic acids is 3. The van der Waals surface area contributed by atoms with Gasteiger partial charge in [0.1, 0.15) is 0 Å². The molecule has 1 amide bonds. The van der Waals surface area contributed by atoms with Crippen LogP contribution in [-0.4, -0.2) is 28.9 Å². The standard InChI is InChI=1S/C21H28N2O4/c1-3-4-5-6-7-11-14-18(24)19(25)22-21(16(2)23-27-20(21)26)15-17-12-9-8-10-13-17/h8-10,12-13H,3-7,11,14-15H2,1-2H3,(H,22,25).